The van der Waals surface area contributed by atoms with Crippen molar-refractivity contribution in [2.75, 3.05) is 23.8 Å². The summed E-state index contributed by atoms with van der Waals surface area (Å²) in [6, 6.07) is 34.9. The summed E-state index contributed by atoms with van der Waals surface area (Å²) in [7, 11) is 0. The molecule has 0 bridgehead atoms. The van der Waals surface area contributed by atoms with Crippen molar-refractivity contribution in [1.29, 1.82) is 0 Å². The van der Waals surface area contributed by atoms with Crippen molar-refractivity contribution in [3.8, 4) is 0 Å². The summed E-state index contributed by atoms with van der Waals surface area (Å²) in [6.45, 7) is 3.43. The van der Waals surface area contributed by atoms with E-state index in [4.69, 9.17) is 14.5 Å². The van der Waals surface area contributed by atoms with E-state index in [2.05, 4.69) is 66.1 Å². The van der Waals surface area contributed by atoms with E-state index in [9.17, 15) is 0 Å². The van der Waals surface area contributed by atoms with Crippen LogP contribution in [0.4, 0.5) is 22.7 Å². The molecule has 4 aromatic carbocycles. The fourth-order valence-electron chi connectivity index (χ4n) is 4.69. The molecule has 4 aromatic rings. The van der Waals surface area contributed by atoms with E-state index in [1.54, 1.807) is 0 Å². The van der Waals surface area contributed by atoms with Crippen molar-refractivity contribution >= 4 is 34.4 Å². The molecule has 0 saturated carbocycles. The first kappa shape index (κ1) is 22.9. The minimum Gasteiger partial charge on any atom is -0.493 e. The van der Waals surface area contributed by atoms with E-state index in [1.807, 2.05) is 60.7 Å². The van der Waals surface area contributed by atoms with Gasteiger partial charge in [-0.15, -0.1) is 0 Å². The number of nitrogens with one attached hydrogen (secondary N) is 2. The van der Waals surface area contributed by atoms with Crippen molar-refractivity contribution in [1.82, 2.24) is 0 Å². The maximum atomic E-state index is 6.07. The number of aliphatic imine (C=N–C) groups is 1. The highest BCUT2D eigenvalue weighted by atomic mass is 16.5. The highest BCUT2D eigenvalue weighted by molar-refractivity contribution is 6.01. The van der Waals surface area contributed by atoms with Gasteiger partial charge >= 0.3 is 0 Å². The number of ether oxygens (including phenoxy) is 2. The average molecular weight is 488 g/mol. The average Bonchev–Trinajstić information content (AvgIpc) is 3.61. The minimum atomic E-state index is 0.00420. The summed E-state index contributed by atoms with van der Waals surface area (Å²) >= 11 is 0. The predicted molar refractivity (Wildman–Crippen MR) is 151 cm³/mol. The van der Waals surface area contributed by atoms with Crippen LogP contribution in [0.25, 0.3) is 5.76 Å². The minimum absolute atomic E-state index is 0.00420. The molecule has 0 amide bonds. The zero-order chi connectivity index (χ0) is 25.0. The standard InChI is InChI=1S/C32H29N3O2/c1-22-19-31(36-20-22)24-13-5-7-15-26(24)33-28-17-9-10-18-29(28)34-27-16-8-6-14-25(27)32-35-30(21-37-32)23-11-3-2-4-12-23/h2-19,22,30,33-34H,20-21H2,1H3/t22-,30-/m1/s1. The smallest absolute Gasteiger partial charge is 0.219 e. The highest BCUT2D eigenvalue weighted by Gasteiger charge is 2.23. The third kappa shape index (κ3) is 4.94. The molecule has 2 aliphatic heterocycles. The van der Waals surface area contributed by atoms with Crippen molar-refractivity contribution in [3.05, 3.63) is 126 Å². The van der Waals surface area contributed by atoms with Crippen LogP contribution in [0.1, 0.15) is 29.7 Å². The first-order chi connectivity index (χ1) is 18.2. The van der Waals surface area contributed by atoms with Crippen LogP contribution in [0.15, 0.2) is 114 Å². The van der Waals surface area contributed by atoms with E-state index in [1.165, 1.54) is 0 Å². The Balaban J connectivity index is 1.28. The monoisotopic (exact) mass is 487 g/mol. The quantitative estimate of drug-likeness (QED) is 0.280. The topological polar surface area (TPSA) is 54.9 Å². The summed E-state index contributed by atoms with van der Waals surface area (Å²) < 4.78 is 12.0. The molecule has 0 saturated heterocycles. The van der Waals surface area contributed by atoms with Gasteiger partial charge in [0.2, 0.25) is 5.90 Å². The van der Waals surface area contributed by atoms with Gasteiger partial charge < -0.3 is 20.1 Å². The Morgan fingerprint density at radius 3 is 1.84 bits per heavy atom. The van der Waals surface area contributed by atoms with Gasteiger partial charge in [-0.3, -0.25) is 0 Å². The van der Waals surface area contributed by atoms with Gasteiger partial charge in [0, 0.05) is 17.2 Å². The van der Waals surface area contributed by atoms with Gasteiger partial charge in [0.05, 0.1) is 29.2 Å². The lowest BCUT2D eigenvalue weighted by atomic mass is 10.1. The SMILES string of the molecule is C[C@@H]1C=C(c2ccccc2Nc2ccccc2Nc2ccccc2C2=N[C@@H](c3ccccc3)CO2)OC1. The molecule has 37 heavy (non-hydrogen) atoms. The Bertz CT molecular complexity index is 1460. The molecule has 0 fully saturated rings. The Kier molecular flexibility index (Phi) is 6.34. The van der Waals surface area contributed by atoms with Crippen molar-refractivity contribution in [3.63, 3.8) is 0 Å². The number of hydrogen-bond acceptors (Lipinski definition) is 5. The molecule has 2 aliphatic rings. The van der Waals surface area contributed by atoms with E-state index in [-0.39, 0.29) is 6.04 Å². The van der Waals surface area contributed by atoms with Crippen LogP contribution in [0.5, 0.6) is 0 Å². The van der Waals surface area contributed by atoms with Gasteiger partial charge in [0.15, 0.2) is 0 Å². The molecule has 0 aliphatic carbocycles. The number of rotatable bonds is 7. The summed E-state index contributed by atoms with van der Waals surface area (Å²) in [6.07, 6.45) is 2.19. The van der Waals surface area contributed by atoms with Crippen LogP contribution in [-0.4, -0.2) is 19.1 Å². The van der Waals surface area contributed by atoms with E-state index >= 15 is 0 Å². The van der Waals surface area contributed by atoms with Crippen LogP contribution in [0.3, 0.4) is 0 Å². The first-order valence-electron chi connectivity index (χ1n) is 12.7. The lowest BCUT2D eigenvalue weighted by molar-refractivity contribution is 0.278. The molecule has 2 atom stereocenters. The number of hydrogen-bond donors (Lipinski definition) is 2. The second-order valence-electron chi connectivity index (χ2n) is 9.38. The maximum Gasteiger partial charge on any atom is 0.219 e. The second-order valence-corrected chi connectivity index (χ2v) is 9.38. The van der Waals surface area contributed by atoms with Crippen LogP contribution in [0, 0.1) is 5.92 Å². The maximum absolute atomic E-state index is 6.07. The van der Waals surface area contributed by atoms with Gasteiger partial charge in [-0.05, 0) is 48.0 Å². The zero-order valence-electron chi connectivity index (χ0n) is 20.7. The molecule has 6 rings (SSSR count). The molecule has 184 valence electrons. The Labute approximate surface area is 217 Å². The fourth-order valence-corrected chi connectivity index (χ4v) is 4.69. The van der Waals surface area contributed by atoms with E-state index in [0.717, 1.165) is 51.8 Å². The predicted octanol–water partition coefficient (Wildman–Crippen LogP) is 7.70. The largest absolute Gasteiger partial charge is 0.493 e. The third-order valence-corrected chi connectivity index (χ3v) is 6.59. The van der Waals surface area contributed by atoms with Crippen molar-refractivity contribution in [2.45, 2.75) is 13.0 Å². The molecule has 0 radical (unpaired) electrons. The molecule has 5 nitrogen and oxygen atoms in total. The molecular formula is C32H29N3O2. The Morgan fingerprint density at radius 2 is 1.19 bits per heavy atom. The Morgan fingerprint density at radius 1 is 0.622 bits per heavy atom. The zero-order valence-corrected chi connectivity index (χ0v) is 20.7. The lowest BCUT2D eigenvalue weighted by Gasteiger charge is -2.18. The summed E-state index contributed by atoms with van der Waals surface area (Å²) in [5, 5.41) is 7.25. The summed E-state index contributed by atoms with van der Waals surface area (Å²) in [5.74, 6) is 2.00. The van der Waals surface area contributed by atoms with E-state index in [0.29, 0.717) is 18.4 Å². The molecule has 2 N–H and O–H groups in total. The number of para-hydroxylation sites is 4. The number of anilines is 4. The third-order valence-electron chi connectivity index (χ3n) is 6.59. The fraction of sp³-hybridized carbons (Fsp3) is 0.156. The molecule has 5 heteroatoms. The Hall–Kier alpha value is -4.51. The van der Waals surface area contributed by atoms with Gasteiger partial charge in [-0.25, -0.2) is 4.99 Å². The van der Waals surface area contributed by atoms with Gasteiger partial charge in [-0.2, -0.15) is 0 Å². The van der Waals surface area contributed by atoms with Crippen molar-refractivity contribution < 1.29 is 9.47 Å². The number of benzene rings is 4. The van der Waals surface area contributed by atoms with Gasteiger partial charge in [-0.1, -0.05) is 73.7 Å². The van der Waals surface area contributed by atoms with Crippen LogP contribution < -0.4 is 10.6 Å². The second kappa shape index (κ2) is 10.2. The van der Waals surface area contributed by atoms with Gasteiger partial charge in [0.25, 0.3) is 0 Å². The van der Waals surface area contributed by atoms with Crippen LogP contribution in [-0.2, 0) is 9.47 Å². The highest BCUT2D eigenvalue weighted by Crippen LogP contribution is 2.36. The van der Waals surface area contributed by atoms with Crippen molar-refractivity contribution in [2.24, 2.45) is 10.9 Å². The van der Waals surface area contributed by atoms with E-state index < -0.39 is 0 Å². The van der Waals surface area contributed by atoms with Crippen LogP contribution in [0.2, 0.25) is 0 Å². The summed E-state index contributed by atoms with van der Waals surface area (Å²) in [4.78, 5) is 4.90. The molecule has 0 unspecified atom stereocenters. The van der Waals surface area contributed by atoms with Gasteiger partial charge in [0.1, 0.15) is 18.4 Å². The summed E-state index contributed by atoms with van der Waals surface area (Å²) in [5.41, 5.74) is 7.02. The molecular weight excluding hydrogens is 458 g/mol. The normalized spacial score (nSPS) is 18.4. The first-order valence-corrected chi connectivity index (χ1v) is 12.7. The molecule has 0 aromatic heterocycles. The van der Waals surface area contributed by atoms with Crippen LogP contribution >= 0.6 is 0 Å². The number of nitrogens with zero attached hydrogens (tertiary/aromatic N) is 1. The molecule has 0 spiro atoms. The lowest BCUT2D eigenvalue weighted by Crippen LogP contribution is -2.06. The molecule has 2 heterocycles.